The lowest BCUT2D eigenvalue weighted by atomic mass is 10.0. The number of nitrogens with one attached hydrogen (secondary N) is 1. The maximum atomic E-state index is 12.7. The standard InChI is InChI=1S/C21H20Br2N2O3/c1-28-21(27)19(10-15-12-24-18-5-3-2-4-17(15)18)25(20(26)11-22)13-14-6-8-16(23)9-7-14/h2-9,12,19,24H,10-11,13H2,1H3/t19-/m1/s1. The smallest absolute Gasteiger partial charge is 0.328 e. The number of fused-ring (bicyclic) bond motifs is 1. The van der Waals surface area contributed by atoms with E-state index in [1.165, 1.54) is 7.11 Å². The summed E-state index contributed by atoms with van der Waals surface area (Å²) in [7, 11) is 1.35. The SMILES string of the molecule is COC(=O)[C@@H](Cc1c[nH]c2ccccc12)N(Cc1ccc(Br)cc1)C(=O)CBr. The Balaban J connectivity index is 1.94. The maximum absolute atomic E-state index is 12.7. The molecule has 146 valence electrons. The van der Waals surface area contributed by atoms with Gasteiger partial charge in [0.1, 0.15) is 6.04 Å². The van der Waals surface area contributed by atoms with Gasteiger partial charge in [0.15, 0.2) is 0 Å². The molecule has 5 nitrogen and oxygen atoms in total. The van der Waals surface area contributed by atoms with Crippen molar-refractivity contribution in [1.82, 2.24) is 9.88 Å². The van der Waals surface area contributed by atoms with Crippen LogP contribution in [0.1, 0.15) is 11.1 Å². The van der Waals surface area contributed by atoms with E-state index in [-0.39, 0.29) is 11.2 Å². The molecule has 1 heterocycles. The fourth-order valence-corrected chi connectivity index (χ4v) is 3.79. The van der Waals surface area contributed by atoms with E-state index in [0.717, 1.165) is 26.5 Å². The van der Waals surface area contributed by atoms with Gasteiger partial charge in [-0.05, 0) is 29.3 Å². The van der Waals surface area contributed by atoms with Crippen LogP contribution in [0.25, 0.3) is 10.9 Å². The molecule has 0 fully saturated rings. The number of ether oxygens (including phenoxy) is 1. The minimum atomic E-state index is -0.724. The van der Waals surface area contributed by atoms with Gasteiger partial charge in [0, 0.05) is 34.5 Å². The molecule has 0 bridgehead atoms. The van der Waals surface area contributed by atoms with Crippen LogP contribution >= 0.6 is 31.9 Å². The van der Waals surface area contributed by atoms with E-state index in [1.54, 1.807) is 4.90 Å². The summed E-state index contributed by atoms with van der Waals surface area (Å²) in [6, 6.07) is 14.9. The number of para-hydroxylation sites is 1. The molecule has 3 aromatic rings. The molecule has 1 atom stereocenters. The van der Waals surface area contributed by atoms with Crippen LogP contribution in [-0.2, 0) is 27.3 Å². The third kappa shape index (κ3) is 4.64. The summed E-state index contributed by atoms with van der Waals surface area (Å²) in [6.07, 6.45) is 2.25. The second-order valence-corrected chi connectivity index (χ2v) is 7.86. The number of carbonyl (C=O) groups is 2. The average molecular weight is 508 g/mol. The number of hydrogen-bond donors (Lipinski definition) is 1. The molecule has 1 amide bonds. The Morgan fingerprint density at radius 1 is 1.14 bits per heavy atom. The van der Waals surface area contributed by atoms with Gasteiger partial charge >= 0.3 is 5.97 Å². The fourth-order valence-electron chi connectivity index (χ4n) is 3.20. The van der Waals surface area contributed by atoms with Gasteiger partial charge < -0.3 is 14.6 Å². The number of H-pyrrole nitrogens is 1. The van der Waals surface area contributed by atoms with Crippen molar-refractivity contribution in [3.8, 4) is 0 Å². The second-order valence-electron chi connectivity index (χ2n) is 6.38. The number of hydrogen-bond acceptors (Lipinski definition) is 3. The van der Waals surface area contributed by atoms with Crippen molar-refractivity contribution in [2.75, 3.05) is 12.4 Å². The third-order valence-corrected chi connectivity index (χ3v) is 5.65. The summed E-state index contributed by atoms with van der Waals surface area (Å²) in [5, 5.41) is 1.16. The molecule has 3 rings (SSSR count). The molecule has 1 aromatic heterocycles. The van der Waals surface area contributed by atoms with Crippen molar-refractivity contribution in [2.24, 2.45) is 0 Å². The van der Waals surface area contributed by atoms with E-state index in [1.807, 2.05) is 54.7 Å². The van der Waals surface area contributed by atoms with E-state index in [0.29, 0.717) is 13.0 Å². The topological polar surface area (TPSA) is 62.4 Å². The Hall–Kier alpha value is -2.12. The molecule has 1 N–H and O–H groups in total. The van der Waals surface area contributed by atoms with E-state index in [2.05, 4.69) is 36.8 Å². The molecule has 0 aliphatic rings. The number of esters is 1. The van der Waals surface area contributed by atoms with Crippen LogP contribution in [0.3, 0.4) is 0 Å². The average Bonchev–Trinajstić information content (AvgIpc) is 3.13. The summed E-state index contributed by atoms with van der Waals surface area (Å²) < 4.78 is 6.00. The first-order valence-corrected chi connectivity index (χ1v) is 10.7. The minimum Gasteiger partial charge on any atom is -0.467 e. The Bertz CT molecular complexity index is 969. The molecule has 2 aromatic carbocycles. The predicted octanol–water partition coefficient (Wildman–Crippen LogP) is 4.44. The number of rotatable bonds is 7. The number of halogens is 2. The fraction of sp³-hybridized carbons (Fsp3) is 0.238. The zero-order valence-electron chi connectivity index (χ0n) is 15.3. The largest absolute Gasteiger partial charge is 0.467 e. The normalized spacial score (nSPS) is 12.0. The molecule has 0 spiro atoms. The van der Waals surface area contributed by atoms with Crippen LogP contribution in [0.5, 0.6) is 0 Å². The summed E-state index contributed by atoms with van der Waals surface area (Å²) in [5.74, 6) is -0.602. The van der Waals surface area contributed by atoms with Gasteiger partial charge in [-0.1, -0.05) is 62.2 Å². The number of alkyl halides is 1. The Labute approximate surface area is 180 Å². The van der Waals surface area contributed by atoms with E-state index in [9.17, 15) is 9.59 Å². The van der Waals surface area contributed by atoms with E-state index >= 15 is 0 Å². The number of carbonyl (C=O) groups excluding carboxylic acids is 2. The van der Waals surface area contributed by atoms with Crippen LogP contribution in [0.2, 0.25) is 0 Å². The molecule has 7 heteroatoms. The summed E-state index contributed by atoms with van der Waals surface area (Å²) in [6.45, 7) is 0.319. The number of methoxy groups -OCH3 is 1. The lowest BCUT2D eigenvalue weighted by Crippen LogP contribution is -2.47. The molecule has 0 radical (unpaired) electrons. The van der Waals surface area contributed by atoms with Crippen LogP contribution in [-0.4, -0.2) is 40.2 Å². The quantitative estimate of drug-likeness (QED) is 0.380. The lowest BCUT2D eigenvalue weighted by molar-refractivity contribution is -0.152. The van der Waals surface area contributed by atoms with E-state index < -0.39 is 12.0 Å². The van der Waals surface area contributed by atoms with Crippen molar-refractivity contribution in [3.63, 3.8) is 0 Å². The first-order chi connectivity index (χ1) is 13.5. The number of aromatic nitrogens is 1. The number of amides is 1. The highest BCUT2D eigenvalue weighted by Crippen LogP contribution is 2.23. The Kier molecular flexibility index (Phi) is 6.91. The molecule has 0 unspecified atom stereocenters. The number of nitrogens with zero attached hydrogens (tertiary/aromatic N) is 1. The number of benzene rings is 2. The molecule has 28 heavy (non-hydrogen) atoms. The van der Waals surface area contributed by atoms with Crippen molar-refractivity contribution in [1.29, 1.82) is 0 Å². The van der Waals surface area contributed by atoms with Gasteiger partial charge in [0.2, 0.25) is 5.91 Å². The van der Waals surface area contributed by atoms with Crippen LogP contribution in [0, 0.1) is 0 Å². The van der Waals surface area contributed by atoms with Crippen LogP contribution in [0.4, 0.5) is 0 Å². The number of aromatic amines is 1. The highest BCUT2D eigenvalue weighted by atomic mass is 79.9. The Morgan fingerprint density at radius 3 is 2.54 bits per heavy atom. The first kappa shape index (κ1) is 20.6. The van der Waals surface area contributed by atoms with Gasteiger partial charge in [-0.25, -0.2) is 4.79 Å². The summed E-state index contributed by atoms with van der Waals surface area (Å²) in [4.78, 5) is 30.1. The van der Waals surface area contributed by atoms with E-state index in [4.69, 9.17) is 4.74 Å². The molecule has 0 aliphatic heterocycles. The van der Waals surface area contributed by atoms with Gasteiger partial charge in [0.05, 0.1) is 12.4 Å². The summed E-state index contributed by atoms with van der Waals surface area (Å²) >= 11 is 6.66. The highest BCUT2D eigenvalue weighted by molar-refractivity contribution is 9.10. The molecule has 0 aliphatic carbocycles. The van der Waals surface area contributed by atoms with Crippen LogP contribution < -0.4 is 0 Å². The van der Waals surface area contributed by atoms with Crippen molar-refractivity contribution < 1.29 is 14.3 Å². The van der Waals surface area contributed by atoms with Gasteiger partial charge in [-0.15, -0.1) is 0 Å². The molecular weight excluding hydrogens is 488 g/mol. The van der Waals surface area contributed by atoms with Crippen LogP contribution in [0.15, 0.2) is 59.2 Å². The lowest BCUT2D eigenvalue weighted by Gasteiger charge is -2.29. The minimum absolute atomic E-state index is 0.130. The third-order valence-electron chi connectivity index (χ3n) is 4.64. The van der Waals surface area contributed by atoms with Crippen molar-refractivity contribution in [2.45, 2.75) is 19.0 Å². The van der Waals surface area contributed by atoms with Crippen molar-refractivity contribution in [3.05, 3.63) is 70.3 Å². The van der Waals surface area contributed by atoms with Crippen molar-refractivity contribution >= 4 is 54.6 Å². The first-order valence-electron chi connectivity index (χ1n) is 8.76. The zero-order valence-corrected chi connectivity index (χ0v) is 18.5. The zero-order chi connectivity index (χ0) is 20.1. The van der Waals surface area contributed by atoms with Gasteiger partial charge in [0.25, 0.3) is 0 Å². The Morgan fingerprint density at radius 2 is 1.86 bits per heavy atom. The second kappa shape index (κ2) is 9.39. The maximum Gasteiger partial charge on any atom is 0.328 e. The molecule has 0 saturated carbocycles. The molecular formula is C21H20Br2N2O3. The van der Waals surface area contributed by atoms with Gasteiger partial charge in [-0.3, -0.25) is 4.79 Å². The van der Waals surface area contributed by atoms with Gasteiger partial charge in [-0.2, -0.15) is 0 Å². The molecule has 0 saturated heterocycles. The highest BCUT2D eigenvalue weighted by Gasteiger charge is 2.31. The predicted molar refractivity (Wildman–Crippen MR) is 116 cm³/mol. The monoisotopic (exact) mass is 506 g/mol. The summed E-state index contributed by atoms with van der Waals surface area (Å²) in [5.41, 5.74) is 2.90.